The molecule has 0 fully saturated rings. The van der Waals surface area contributed by atoms with Gasteiger partial charge in [-0.25, -0.2) is 0 Å². The summed E-state index contributed by atoms with van der Waals surface area (Å²) in [5, 5.41) is 0.636. The Labute approximate surface area is 102 Å². The molecule has 0 aliphatic heterocycles. The van der Waals surface area contributed by atoms with E-state index in [9.17, 15) is 0 Å². The Kier molecular flexibility index (Phi) is 5.06. The average molecular weight is 244 g/mol. The van der Waals surface area contributed by atoms with Crippen LogP contribution in [0.1, 0.15) is 30.9 Å². The largest absolute Gasteiger partial charge is 0.495 e. The smallest absolute Gasteiger partial charge is 0.138 e. The van der Waals surface area contributed by atoms with Crippen molar-refractivity contribution in [1.82, 2.24) is 5.48 Å². The van der Waals surface area contributed by atoms with Gasteiger partial charge in [-0.15, -0.1) is 0 Å². The number of methoxy groups -OCH3 is 1. The van der Waals surface area contributed by atoms with Crippen LogP contribution in [0.15, 0.2) is 12.1 Å². The first-order valence-corrected chi connectivity index (χ1v) is 5.60. The van der Waals surface area contributed by atoms with Crippen molar-refractivity contribution in [2.24, 2.45) is 0 Å². The van der Waals surface area contributed by atoms with Gasteiger partial charge in [-0.05, 0) is 23.1 Å². The lowest BCUT2D eigenvalue weighted by Gasteiger charge is -2.14. The zero-order valence-electron chi connectivity index (χ0n) is 10.1. The SMILES string of the molecule is CONCc1cc(C(C)C)cc(OC)c1Cl. The summed E-state index contributed by atoms with van der Waals surface area (Å²) in [6, 6.07) is 4.05. The third kappa shape index (κ3) is 3.11. The molecule has 0 aliphatic rings. The third-order valence-corrected chi connectivity index (χ3v) is 2.86. The lowest BCUT2D eigenvalue weighted by atomic mass is 10.0. The molecule has 1 N–H and O–H groups in total. The molecule has 3 nitrogen and oxygen atoms in total. The van der Waals surface area contributed by atoms with Crippen LogP contribution in [0.4, 0.5) is 0 Å². The molecule has 1 rings (SSSR count). The molecule has 0 aliphatic carbocycles. The maximum absolute atomic E-state index is 6.20. The van der Waals surface area contributed by atoms with E-state index in [4.69, 9.17) is 21.2 Å². The summed E-state index contributed by atoms with van der Waals surface area (Å²) in [6.45, 7) is 4.83. The summed E-state index contributed by atoms with van der Waals surface area (Å²) in [5.41, 5.74) is 4.96. The Bertz CT molecular complexity index is 353. The topological polar surface area (TPSA) is 30.5 Å². The molecule has 1 aromatic carbocycles. The highest BCUT2D eigenvalue weighted by molar-refractivity contribution is 6.32. The van der Waals surface area contributed by atoms with Crippen molar-refractivity contribution in [3.63, 3.8) is 0 Å². The van der Waals surface area contributed by atoms with Crippen molar-refractivity contribution in [3.8, 4) is 5.75 Å². The standard InChI is InChI=1S/C12H18ClNO2/c1-8(2)9-5-10(7-14-16-4)12(13)11(6-9)15-3/h5-6,8,14H,7H2,1-4H3. The van der Waals surface area contributed by atoms with E-state index in [-0.39, 0.29) is 0 Å². The molecule has 16 heavy (non-hydrogen) atoms. The number of nitrogens with one attached hydrogen (secondary N) is 1. The van der Waals surface area contributed by atoms with E-state index < -0.39 is 0 Å². The fourth-order valence-corrected chi connectivity index (χ4v) is 1.69. The minimum Gasteiger partial charge on any atom is -0.495 e. The number of hydrogen-bond acceptors (Lipinski definition) is 3. The molecular weight excluding hydrogens is 226 g/mol. The lowest BCUT2D eigenvalue weighted by molar-refractivity contribution is 0.0867. The molecule has 90 valence electrons. The fourth-order valence-electron chi connectivity index (χ4n) is 1.44. The molecule has 0 atom stereocenters. The van der Waals surface area contributed by atoms with Gasteiger partial charge in [0.25, 0.3) is 0 Å². The Morgan fingerprint density at radius 1 is 1.31 bits per heavy atom. The fraction of sp³-hybridized carbons (Fsp3) is 0.500. The van der Waals surface area contributed by atoms with Crippen LogP contribution < -0.4 is 10.2 Å². The first kappa shape index (κ1) is 13.3. The first-order valence-electron chi connectivity index (χ1n) is 5.22. The number of rotatable bonds is 5. The van der Waals surface area contributed by atoms with Crippen LogP contribution in [0.3, 0.4) is 0 Å². The van der Waals surface area contributed by atoms with E-state index >= 15 is 0 Å². The Balaban J connectivity index is 3.08. The monoisotopic (exact) mass is 243 g/mol. The van der Waals surface area contributed by atoms with Crippen molar-refractivity contribution in [3.05, 3.63) is 28.3 Å². The highest BCUT2D eigenvalue weighted by Gasteiger charge is 2.11. The van der Waals surface area contributed by atoms with Crippen molar-refractivity contribution in [2.45, 2.75) is 26.3 Å². The molecule has 0 saturated carbocycles. The van der Waals surface area contributed by atoms with Gasteiger partial charge in [0, 0.05) is 6.54 Å². The summed E-state index contributed by atoms with van der Waals surface area (Å²) in [5.74, 6) is 1.15. The number of hydroxylamine groups is 1. The molecule has 4 heteroatoms. The van der Waals surface area contributed by atoms with Gasteiger partial charge >= 0.3 is 0 Å². The van der Waals surface area contributed by atoms with Crippen molar-refractivity contribution in [1.29, 1.82) is 0 Å². The van der Waals surface area contributed by atoms with Gasteiger partial charge < -0.3 is 9.57 Å². The molecular formula is C12H18ClNO2. The maximum Gasteiger partial charge on any atom is 0.138 e. The molecule has 1 aromatic rings. The van der Waals surface area contributed by atoms with Crippen molar-refractivity contribution < 1.29 is 9.57 Å². The van der Waals surface area contributed by atoms with Crippen LogP contribution in [0, 0.1) is 0 Å². The zero-order valence-corrected chi connectivity index (χ0v) is 10.9. The molecule has 0 bridgehead atoms. The number of benzene rings is 1. The quantitative estimate of drug-likeness (QED) is 0.806. The van der Waals surface area contributed by atoms with Gasteiger partial charge in [-0.2, -0.15) is 5.48 Å². The minimum atomic E-state index is 0.437. The van der Waals surface area contributed by atoms with E-state index in [0.29, 0.717) is 23.2 Å². The average Bonchev–Trinajstić information content (AvgIpc) is 2.27. The zero-order chi connectivity index (χ0) is 12.1. The van der Waals surface area contributed by atoms with Gasteiger partial charge in [0.15, 0.2) is 0 Å². The Morgan fingerprint density at radius 2 is 2.00 bits per heavy atom. The van der Waals surface area contributed by atoms with Crippen LogP contribution in [0.5, 0.6) is 5.75 Å². The van der Waals surface area contributed by atoms with E-state index in [2.05, 4.69) is 25.4 Å². The van der Waals surface area contributed by atoms with Crippen LogP contribution >= 0.6 is 11.6 Å². The molecule has 0 amide bonds. The van der Waals surface area contributed by atoms with Gasteiger partial charge in [-0.3, -0.25) is 0 Å². The number of halogens is 1. The van der Waals surface area contributed by atoms with Crippen LogP contribution in [-0.4, -0.2) is 14.2 Å². The van der Waals surface area contributed by atoms with Crippen LogP contribution in [0.2, 0.25) is 5.02 Å². The van der Waals surface area contributed by atoms with Gasteiger partial charge in [-0.1, -0.05) is 31.5 Å². The van der Waals surface area contributed by atoms with Gasteiger partial charge in [0.05, 0.1) is 19.2 Å². The number of ether oxygens (including phenoxy) is 1. The summed E-state index contributed by atoms with van der Waals surface area (Å²) in [6.07, 6.45) is 0. The third-order valence-electron chi connectivity index (χ3n) is 2.43. The predicted molar refractivity (Wildman–Crippen MR) is 65.9 cm³/mol. The summed E-state index contributed by atoms with van der Waals surface area (Å²) < 4.78 is 5.26. The molecule has 0 heterocycles. The van der Waals surface area contributed by atoms with E-state index in [1.165, 1.54) is 5.56 Å². The second kappa shape index (κ2) is 6.09. The molecule has 0 spiro atoms. The highest BCUT2D eigenvalue weighted by atomic mass is 35.5. The maximum atomic E-state index is 6.20. The molecule has 0 unspecified atom stereocenters. The van der Waals surface area contributed by atoms with Crippen LogP contribution in [0.25, 0.3) is 0 Å². The Morgan fingerprint density at radius 3 is 2.50 bits per heavy atom. The van der Waals surface area contributed by atoms with Crippen molar-refractivity contribution in [2.75, 3.05) is 14.2 Å². The molecule has 0 aromatic heterocycles. The van der Waals surface area contributed by atoms with Crippen molar-refractivity contribution >= 4 is 11.6 Å². The lowest BCUT2D eigenvalue weighted by Crippen LogP contribution is -2.11. The Hall–Kier alpha value is -0.770. The second-order valence-corrected chi connectivity index (χ2v) is 4.25. The van der Waals surface area contributed by atoms with Crippen LogP contribution in [-0.2, 0) is 11.4 Å². The predicted octanol–water partition coefficient (Wildman–Crippen LogP) is 3.12. The van der Waals surface area contributed by atoms with Gasteiger partial charge in [0.2, 0.25) is 0 Å². The van der Waals surface area contributed by atoms with E-state index in [1.807, 2.05) is 6.07 Å². The van der Waals surface area contributed by atoms with E-state index in [1.54, 1.807) is 14.2 Å². The normalized spacial score (nSPS) is 10.9. The molecule has 0 radical (unpaired) electrons. The number of hydrogen-bond donors (Lipinski definition) is 1. The summed E-state index contributed by atoms with van der Waals surface area (Å²) >= 11 is 6.20. The molecule has 0 saturated heterocycles. The van der Waals surface area contributed by atoms with Gasteiger partial charge in [0.1, 0.15) is 5.75 Å². The summed E-state index contributed by atoms with van der Waals surface area (Å²) in [7, 11) is 3.20. The van der Waals surface area contributed by atoms with E-state index in [0.717, 1.165) is 5.56 Å². The second-order valence-electron chi connectivity index (χ2n) is 3.88. The minimum absolute atomic E-state index is 0.437. The first-order chi connectivity index (χ1) is 7.60. The summed E-state index contributed by atoms with van der Waals surface area (Å²) in [4.78, 5) is 4.83. The highest BCUT2D eigenvalue weighted by Crippen LogP contribution is 2.32.